The van der Waals surface area contributed by atoms with Gasteiger partial charge in [0.05, 0.1) is 29.8 Å². The van der Waals surface area contributed by atoms with Crippen molar-refractivity contribution >= 4 is 17.5 Å². The molecule has 6 nitrogen and oxygen atoms in total. The molecule has 3 unspecified atom stereocenters. The van der Waals surface area contributed by atoms with Crippen molar-refractivity contribution in [1.29, 1.82) is 0 Å². The largest absolute Gasteiger partial charge is 0.380 e. The Morgan fingerprint density at radius 2 is 2.00 bits per heavy atom. The highest BCUT2D eigenvalue weighted by atomic mass is 19.1. The molecule has 1 N–H and O–H groups in total. The highest BCUT2D eigenvalue weighted by molar-refractivity contribution is 5.89. The first kappa shape index (κ1) is 22.3. The van der Waals surface area contributed by atoms with Gasteiger partial charge in [-0.3, -0.25) is 14.6 Å². The van der Waals surface area contributed by atoms with Crippen LogP contribution in [0.25, 0.3) is 0 Å². The van der Waals surface area contributed by atoms with Gasteiger partial charge in [-0.15, -0.1) is 0 Å². The van der Waals surface area contributed by atoms with Crippen LogP contribution in [0.15, 0.2) is 18.2 Å². The number of benzene rings is 1. The third kappa shape index (κ3) is 3.15. The summed E-state index contributed by atoms with van der Waals surface area (Å²) in [5.41, 5.74) is 0.188. The number of fused-ring (bicyclic) bond motifs is 1. The fourth-order valence-corrected chi connectivity index (χ4v) is 7.07. The Morgan fingerprint density at radius 3 is 2.59 bits per heavy atom. The highest BCUT2D eigenvalue weighted by Gasteiger charge is 2.62. The zero-order valence-corrected chi connectivity index (χ0v) is 20.4. The topological polar surface area (TPSA) is 61.9 Å². The predicted octanol–water partition coefficient (Wildman–Crippen LogP) is 3.93. The number of amides is 2. The van der Waals surface area contributed by atoms with Crippen LogP contribution in [-0.4, -0.2) is 48.7 Å². The molecule has 0 radical (unpaired) electrons. The number of anilines is 1. The van der Waals surface area contributed by atoms with Crippen molar-refractivity contribution in [2.24, 2.45) is 17.3 Å². The molecular formula is C27H36FN3O3. The zero-order valence-electron chi connectivity index (χ0n) is 20.4. The fourth-order valence-electron chi connectivity index (χ4n) is 7.07. The quantitative estimate of drug-likeness (QED) is 0.686. The monoisotopic (exact) mass is 469 g/mol. The van der Waals surface area contributed by atoms with Crippen molar-refractivity contribution < 1.29 is 18.7 Å². The molecule has 0 spiro atoms. The number of hydrazine groups is 1. The summed E-state index contributed by atoms with van der Waals surface area (Å²) in [4.78, 5) is 26.2. The molecule has 2 amide bonds. The van der Waals surface area contributed by atoms with Crippen LogP contribution in [0.5, 0.6) is 0 Å². The molecule has 3 heterocycles. The van der Waals surface area contributed by atoms with E-state index in [9.17, 15) is 9.59 Å². The standard InChI is InChI=1S/C27H36FN3O3/c1-25(9-4-10-25)15-29-24(33)27(11-12-34-17-27)19-7-8-22(21(28)13-19)30-16-26(2)20(18-5-3-6-18)14-23(32)31(26)30/h7-8,13,18,20H,3-6,9-12,14-17H2,1-2H3,(H,29,33). The Kier molecular flexibility index (Phi) is 5.04. The molecule has 1 aromatic carbocycles. The molecule has 3 atom stereocenters. The molecule has 1 aromatic rings. The van der Waals surface area contributed by atoms with Gasteiger partial charge in [0.15, 0.2) is 0 Å². The molecule has 5 fully saturated rings. The first-order valence-electron chi connectivity index (χ1n) is 13.0. The van der Waals surface area contributed by atoms with Gasteiger partial charge < -0.3 is 10.1 Å². The summed E-state index contributed by atoms with van der Waals surface area (Å²) in [7, 11) is 0. The highest BCUT2D eigenvalue weighted by Crippen LogP contribution is 2.53. The first-order valence-corrected chi connectivity index (χ1v) is 13.0. The van der Waals surface area contributed by atoms with E-state index in [4.69, 9.17) is 4.74 Å². The van der Waals surface area contributed by atoms with Crippen molar-refractivity contribution in [3.05, 3.63) is 29.6 Å². The fraction of sp³-hybridized carbons (Fsp3) is 0.704. The number of hydrogen-bond donors (Lipinski definition) is 1. The zero-order chi connectivity index (χ0) is 23.7. The smallest absolute Gasteiger partial charge is 0.242 e. The van der Waals surface area contributed by atoms with Crippen molar-refractivity contribution in [3.8, 4) is 0 Å². The molecule has 184 valence electrons. The van der Waals surface area contributed by atoms with Crippen molar-refractivity contribution in [1.82, 2.24) is 10.3 Å². The van der Waals surface area contributed by atoms with Gasteiger partial charge in [0.1, 0.15) is 5.82 Å². The van der Waals surface area contributed by atoms with E-state index in [1.165, 1.54) is 31.7 Å². The molecule has 3 aliphatic heterocycles. The maximum atomic E-state index is 15.5. The Hall–Kier alpha value is -2.15. The van der Waals surface area contributed by atoms with E-state index in [1.54, 1.807) is 16.1 Å². The van der Waals surface area contributed by atoms with Gasteiger partial charge in [-0.25, -0.2) is 9.40 Å². The maximum Gasteiger partial charge on any atom is 0.242 e. The summed E-state index contributed by atoms with van der Waals surface area (Å²) >= 11 is 0. The SMILES string of the molecule is CC1(CNC(=O)C2(c3ccc(N4CC5(C)C(C6CCC6)CC(=O)N45)c(F)c3)CCOC2)CCC1. The summed E-state index contributed by atoms with van der Waals surface area (Å²) in [6.45, 7) is 6.43. The van der Waals surface area contributed by atoms with Gasteiger partial charge in [-0.2, -0.15) is 0 Å². The summed E-state index contributed by atoms with van der Waals surface area (Å²) in [5, 5.41) is 6.75. The minimum absolute atomic E-state index is 0.0696. The van der Waals surface area contributed by atoms with Gasteiger partial charge in [-0.1, -0.05) is 38.7 Å². The Morgan fingerprint density at radius 1 is 1.21 bits per heavy atom. The molecule has 2 aliphatic carbocycles. The summed E-state index contributed by atoms with van der Waals surface area (Å²) in [5.74, 6) is 0.631. The summed E-state index contributed by atoms with van der Waals surface area (Å²) in [6, 6.07) is 5.10. The molecule has 34 heavy (non-hydrogen) atoms. The lowest BCUT2D eigenvalue weighted by Gasteiger charge is -2.59. The second kappa shape index (κ2) is 7.67. The van der Waals surface area contributed by atoms with Gasteiger partial charge in [0, 0.05) is 19.6 Å². The van der Waals surface area contributed by atoms with Gasteiger partial charge in [0.25, 0.3) is 0 Å². The average molecular weight is 470 g/mol. The van der Waals surface area contributed by atoms with E-state index in [1.807, 2.05) is 6.07 Å². The van der Waals surface area contributed by atoms with E-state index in [0.29, 0.717) is 55.6 Å². The normalized spacial score (nSPS) is 34.3. The first-order chi connectivity index (χ1) is 16.3. The van der Waals surface area contributed by atoms with E-state index in [-0.39, 0.29) is 35.2 Å². The average Bonchev–Trinajstić information content (AvgIpc) is 3.30. The number of hydrogen-bond acceptors (Lipinski definition) is 4. The number of nitrogens with one attached hydrogen (secondary N) is 1. The van der Waals surface area contributed by atoms with Gasteiger partial charge in [0.2, 0.25) is 11.8 Å². The van der Waals surface area contributed by atoms with Crippen molar-refractivity contribution in [2.45, 2.75) is 76.2 Å². The Bertz CT molecular complexity index is 1010. The van der Waals surface area contributed by atoms with Crippen LogP contribution < -0.4 is 10.3 Å². The minimum atomic E-state index is -0.859. The van der Waals surface area contributed by atoms with Crippen LogP contribution in [0.1, 0.15) is 70.8 Å². The lowest BCUT2D eigenvalue weighted by molar-refractivity contribution is -0.138. The second-order valence-electron chi connectivity index (χ2n) is 12.0. The van der Waals surface area contributed by atoms with E-state index in [2.05, 4.69) is 19.2 Å². The Labute approximate surface area is 201 Å². The van der Waals surface area contributed by atoms with E-state index >= 15 is 4.39 Å². The van der Waals surface area contributed by atoms with Gasteiger partial charge in [-0.05, 0) is 61.1 Å². The molecule has 0 aromatic heterocycles. The van der Waals surface area contributed by atoms with Crippen molar-refractivity contribution in [2.75, 3.05) is 31.3 Å². The maximum absolute atomic E-state index is 15.5. The third-order valence-electron chi connectivity index (χ3n) is 9.81. The van der Waals surface area contributed by atoms with Crippen LogP contribution in [0.3, 0.4) is 0 Å². The number of carbonyl (C=O) groups is 2. The lowest BCUT2D eigenvalue weighted by atomic mass is 9.67. The lowest BCUT2D eigenvalue weighted by Crippen LogP contribution is -2.73. The molecular weight excluding hydrogens is 433 g/mol. The number of rotatable bonds is 6. The van der Waals surface area contributed by atoms with Crippen LogP contribution in [0.4, 0.5) is 10.1 Å². The van der Waals surface area contributed by atoms with Crippen LogP contribution >= 0.6 is 0 Å². The number of ether oxygens (including phenoxy) is 1. The van der Waals surface area contributed by atoms with E-state index in [0.717, 1.165) is 12.8 Å². The molecule has 5 aliphatic rings. The van der Waals surface area contributed by atoms with Crippen molar-refractivity contribution in [3.63, 3.8) is 0 Å². The Balaban J connectivity index is 1.22. The minimum Gasteiger partial charge on any atom is -0.380 e. The molecule has 6 rings (SSSR count). The van der Waals surface area contributed by atoms with Crippen LogP contribution in [0.2, 0.25) is 0 Å². The molecule has 3 saturated heterocycles. The molecule has 2 saturated carbocycles. The van der Waals surface area contributed by atoms with Crippen LogP contribution in [0, 0.1) is 23.1 Å². The number of halogens is 1. The van der Waals surface area contributed by atoms with Gasteiger partial charge >= 0.3 is 0 Å². The van der Waals surface area contributed by atoms with E-state index < -0.39 is 5.41 Å². The number of carbonyl (C=O) groups excluding carboxylic acids is 2. The second-order valence-corrected chi connectivity index (χ2v) is 12.0. The summed E-state index contributed by atoms with van der Waals surface area (Å²) in [6.07, 6.45) is 8.25. The van der Waals surface area contributed by atoms with Crippen LogP contribution in [-0.2, 0) is 19.7 Å². The number of nitrogens with zero attached hydrogens (tertiary/aromatic N) is 2. The summed E-state index contributed by atoms with van der Waals surface area (Å²) < 4.78 is 21.2. The molecule has 0 bridgehead atoms. The predicted molar refractivity (Wildman–Crippen MR) is 127 cm³/mol. The molecule has 7 heteroatoms. The third-order valence-corrected chi connectivity index (χ3v) is 9.81.